The average Bonchev–Trinajstić information content (AvgIpc) is 2.53. The summed E-state index contributed by atoms with van der Waals surface area (Å²) in [6.07, 6.45) is 0.190. The number of pyridine rings is 1. The number of carboxylic acids is 1. The maximum atomic E-state index is 11.9. The molecule has 18 heavy (non-hydrogen) atoms. The predicted molar refractivity (Wildman–Crippen MR) is 66.8 cm³/mol. The van der Waals surface area contributed by atoms with Crippen LogP contribution in [0, 0.1) is 13.8 Å². The summed E-state index contributed by atoms with van der Waals surface area (Å²) < 4.78 is 1.63. The van der Waals surface area contributed by atoms with Crippen LogP contribution in [0.2, 0.25) is 0 Å². The summed E-state index contributed by atoms with van der Waals surface area (Å²) in [5.41, 5.74) is 2.62. The highest BCUT2D eigenvalue weighted by Crippen LogP contribution is 2.21. The normalized spacial score (nSPS) is 11.1. The molecule has 0 bridgehead atoms. The van der Waals surface area contributed by atoms with Gasteiger partial charge in [0, 0.05) is 24.4 Å². The van der Waals surface area contributed by atoms with Gasteiger partial charge < -0.3 is 10.1 Å². The van der Waals surface area contributed by atoms with Gasteiger partial charge in [-0.25, -0.2) is 0 Å². The second-order valence-corrected chi connectivity index (χ2v) is 4.38. The van der Waals surface area contributed by atoms with E-state index in [1.165, 1.54) is 0 Å². The number of nitrogens with one attached hydrogen (secondary N) is 1. The van der Waals surface area contributed by atoms with Crippen LogP contribution in [0.1, 0.15) is 23.2 Å². The lowest BCUT2D eigenvalue weighted by molar-refractivity contribution is -0.136. The summed E-state index contributed by atoms with van der Waals surface area (Å²) in [6.45, 7) is 3.71. The Labute approximate surface area is 103 Å². The van der Waals surface area contributed by atoms with Gasteiger partial charge in [-0.1, -0.05) is 0 Å². The van der Waals surface area contributed by atoms with E-state index in [1.807, 2.05) is 13.8 Å². The Kier molecular flexibility index (Phi) is 2.94. The van der Waals surface area contributed by atoms with E-state index in [2.05, 4.69) is 10.1 Å². The molecule has 0 amide bonds. The lowest BCUT2D eigenvalue weighted by Gasteiger charge is -2.05. The van der Waals surface area contributed by atoms with Crippen LogP contribution in [0.4, 0.5) is 0 Å². The summed E-state index contributed by atoms with van der Waals surface area (Å²) in [4.78, 5) is 25.3. The highest BCUT2D eigenvalue weighted by Gasteiger charge is 2.15. The van der Waals surface area contributed by atoms with E-state index in [1.54, 1.807) is 11.7 Å². The Morgan fingerprint density at radius 1 is 1.44 bits per heavy atom. The molecule has 0 aromatic carbocycles. The zero-order valence-electron chi connectivity index (χ0n) is 10.6. The van der Waals surface area contributed by atoms with Crippen LogP contribution in [0.15, 0.2) is 4.79 Å². The summed E-state index contributed by atoms with van der Waals surface area (Å²) in [5, 5.41) is 13.9. The molecule has 2 heterocycles. The molecular formula is C12H15N3O3. The van der Waals surface area contributed by atoms with Crippen molar-refractivity contribution in [1.29, 1.82) is 0 Å². The summed E-state index contributed by atoms with van der Waals surface area (Å²) in [7, 11) is 1.77. The number of carboxylic acid groups (broad SMARTS) is 1. The van der Waals surface area contributed by atoms with Crippen LogP contribution in [0.3, 0.4) is 0 Å². The predicted octanol–water partition coefficient (Wildman–Crippen LogP) is 0.896. The fraction of sp³-hybridized carbons (Fsp3) is 0.417. The van der Waals surface area contributed by atoms with E-state index in [4.69, 9.17) is 5.11 Å². The molecule has 2 rings (SSSR count). The van der Waals surface area contributed by atoms with E-state index >= 15 is 0 Å². The molecule has 2 aromatic heterocycles. The highest BCUT2D eigenvalue weighted by molar-refractivity contribution is 5.82. The molecule has 2 N–H and O–H groups in total. The molecule has 96 valence electrons. The van der Waals surface area contributed by atoms with E-state index in [9.17, 15) is 9.59 Å². The molecular weight excluding hydrogens is 234 g/mol. The van der Waals surface area contributed by atoms with Gasteiger partial charge in [0.25, 0.3) is 5.56 Å². The largest absolute Gasteiger partial charge is 0.481 e. The lowest BCUT2D eigenvalue weighted by atomic mass is 10.0. The SMILES string of the molecule is Cc1nn(C)c2[nH]c(=O)c(CCC(=O)O)c(C)c12. The number of H-pyrrole nitrogens is 1. The van der Waals surface area contributed by atoms with Crippen LogP contribution in [-0.4, -0.2) is 25.8 Å². The van der Waals surface area contributed by atoms with Gasteiger partial charge in [0.05, 0.1) is 5.69 Å². The van der Waals surface area contributed by atoms with Crippen molar-refractivity contribution >= 4 is 17.0 Å². The summed E-state index contributed by atoms with van der Waals surface area (Å²) in [5.74, 6) is -0.906. The van der Waals surface area contributed by atoms with Gasteiger partial charge in [0.15, 0.2) is 0 Å². The zero-order chi connectivity index (χ0) is 13.4. The van der Waals surface area contributed by atoms with Crippen molar-refractivity contribution in [3.8, 4) is 0 Å². The van der Waals surface area contributed by atoms with Crippen molar-refractivity contribution in [3.63, 3.8) is 0 Å². The molecule has 0 aliphatic rings. The Morgan fingerprint density at radius 2 is 2.11 bits per heavy atom. The number of aromatic amines is 1. The number of nitrogens with zero attached hydrogens (tertiary/aromatic N) is 2. The summed E-state index contributed by atoms with van der Waals surface area (Å²) in [6, 6.07) is 0. The van der Waals surface area contributed by atoms with Crippen LogP contribution in [-0.2, 0) is 18.3 Å². The van der Waals surface area contributed by atoms with Crippen LogP contribution < -0.4 is 5.56 Å². The minimum atomic E-state index is -0.906. The highest BCUT2D eigenvalue weighted by atomic mass is 16.4. The van der Waals surface area contributed by atoms with E-state index in [-0.39, 0.29) is 18.4 Å². The Morgan fingerprint density at radius 3 is 2.72 bits per heavy atom. The average molecular weight is 249 g/mol. The van der Waals surface area contributed by atoms with E-state index in [0.29, 0.717) is 11.2 Å². The van der Waals surface area contributed by atoms with E-state index in [0.717, 1.165) is 16.6 Å². The monoisotopic (exact) mass is 249 g/mol. The number of hydrogen-bond acceptors (Lipinski definition) is 3. The van der Waals surface area contributed by atoms with Crippen molar-refractivity contribution in [3.05, 3.63) is 27.2 Å². The van der Waals surface area contributed by atoms with Crippen LogP contribution in [0.5, 0.6) is 0 Å². The van der Waals surface area contributed by atoms with Gasteiger partial charge >= 0.3 is 5.97 Å². The molecule has 0 aliphatic carbocycles. The van der Waals surface area contributed by atoms with Gasteiger partial charge in [0.2, 0.25) is 0 Å². The number of rotatable bonds is 3. The smallest absolute Gasteiger partial charge is 0.303 e. The minimum absolute atomic E-state index is 0.0469. The van der Waals surface area contributed by atoms with Crippen molar-refractivity contribution in [1.82, 2.24) is 14.8 Å². The topological polar surface area (TPSA) is 88.0 Å². The quantitative estimate of drug-likeness (QED) is 0.845. The maximum Gasteiger partial charge on any atom is 0.303 e. The van der Waals surface area contributed by atoms with Gasteiger partial charge in [0.1, 0.15) is 5.65 Å². The fourth-order valence-corrected chi connectivity index (χ4v) is 2.29. The third-order valence-electron chi connectivity index (χ3n) is 3.14. The van der Waals surface area contributed by atoms with Gasteiger partial charge in [-0.2, -0.15) is 5.10 Å². The first-order valence-electron chi connectivity index (χ1n) is 5.68. The molecule has 0 spiro atoms. The minimum Gasteiger partial charge on any atom is -0.481 e. The molecule has 0 fully saturated rings. The third kappa shape index (κ3) is 1.90. The van der Waals surface area contributed by atoms with Gasteiger partial charge in [-0.3, -0.25) is 14.3 Å². The molecule has 6 nitrogen and oxygen atoms in total. The second kappa shape index (κ2) is 4.29. The fourth-order valence-electron chi connectivity index (χ4n) is 2.29. The third-order valence-corrected chi connectivity index (χ3v) is 3.14. The lowest BCUT2D eigenvalue weighted by Crippen LogP contribution is -2.17. The first-order valence-corrected chi connectivity index (χ1v) is 5.68. The van der Waals surface area contributed by atoms with Gasteiger partial charge in [-0.15, -0.1) is 0 Å². The standard InChI is InChI=1S/C12H15N3O3/c1-6-8(4-5-9(16)17)12(18)13-11-10(6)7(2)14-15(11)3/h4-5H2,1-3H3,(H,13,18)(H,16,17). The van der Waals surface area contributed by atoms with Crippen molar-refractivity contribution in [2.45, 2.75) is 26.7 Å². The molecule has 0 atom stereocenters. The van der Waals surface area contributed by atoms with Crippen molar-refractivity contribution in [2.75, 3.05) is 0 Å². The second-order valence-electron chi connectivity index (χ2n) is 4.38. The number of hydrogen-bond donors (Lipinski definition) is 2. The van der Waals surface area contributed by atoms with Crippen LogP contribution >= 0.6 is 0 Å². The summed E-state index contributed by atoms with van der Waals surface area (Å²) >= 11 is 0. The molecule has 0 aliphatic heterocycles. The van der Waals surface area contributed by atoms with Crippen LogP contribution in [0.25, 0.3) is 11.0 Å². The van der Waals surface area contributed by atoms with Crippen molar-refractivity contribution in [2.24, 2.45) is 7.05 Å². The van der Waals surface area contributed by atoms with Crippen molar-refractivity contribution < 1.29 is 9.90 Å². The first kappa shape index (κ1) is 12.3. The molecule has 0 saturated carbocycles. The molecule has 0 saturated heterocycles. The number of aliphatic carboxylic acids is 1. The maximum absolute atomic E-state index is 11.9. The number of fused-ring (bicyclic) bond motifs is 1. The number of carbonyl (C=O) groups is 1. The molecule has 0 unspecified atom stereocenters. The Balaban J connectivity index is 2.64. The molecule has 0 radical (unpaired) electrons. The van der Waals surface area contributed by atoms with E-state index < -0.39 is 5.97 Å². The Hall–Kier alpha value is -2.11. The Bertz CT molecular complexity index is 682. The molecule has 2 aromatic rings. The van der Waals surface area contributed by atoms with Gasteiger partial charge in [-0.05, 0) is 25.8 Å². The molecule has 6 heteroatoms. The first-order chi connectivity index (χ1) is 8.41. The number of aromatic nitrogens is 3. The zero-order valence-corrected chi connectivity index (χ0v) is 10.6. The number of aryl methyl sites for hydroxylation is 3.